The first-order chi connectivity index (χ1) is 11.7. The van der Waals surface area contributed by atoms with Crippen LogP contribution in [0.25, 0.3) is 0 Å². The van der Waals surface area contributed by atoms with Crippen LogP contribution in [-0.4, -0.2) is 16.8 Å². The molecule has 0 radical (unpaired) electrons. The van der Waals surface area contributed by atoms with Crippen molar-refractivity contribution in [3.05, 3.63) is 64.1 Å². The maximum atomic E-state index is 4.89. The second-order valence-corrected chi connectivity index (χ2v) is 7.67. The quantitative estimate of drug-likeness (QED) is 0.747. The van der Waals surface area contributed by atoms with Crippen LogP contribution < -0.4 is 5.32 Å². The maximum Gasteiger partial charge on any atom is 0.165 e. The molecule has 0 amide bonds. The Kier molecular flexibility index (Phi) is 5.99. The molecule has 0 aliphatic carbocycles. The van der Waals surface area contributed by atoms with E-state index in [0.29, 0.717) is 0 Å². The molecule has 0 saturated carbocycles. The van der Waals surface area contributed by atoms with Gasteiger partial charge < -0.3 is 5.32 Å². The summed E-state index contributed by atoms with van der Waals surface area (Å²) in [5.41, 5.74) is 3.68. The van der Waals surface area contributed by atoms with E-state index in [-0.39, 0.29) is 0 Å². The summed E-state index contributed by atoms with van der Waals surface area (Å²) in [6.07, 6.45) is 6.07. The van der Waals surface area contributed by atoms with Gasteiger partial charge in [-0.2, -0.15) is 0 Å². The highest BCUT2D eigenvalue weighted by Crippen LogP contribution is 2.38. The van der Waals surface area contributed by atoms with Gasteiger partial charge in [-0.05, 0) is 60.8 Å². The molecule has 24 heavy (non-hydrogen) atoms. The minimum Gasteiger partial charge on any atom is -0.341 e. The number of hydrogen-bond acceptors (Lipinski definition) is 5. The van der Waals surface area contributed by atoms with Crippen molar-refractivity contribution >= 4 is 39.4 Å². The molecule has 1 fully saturated rings. The highest BCUT2D eigenvalue weighted by Gasteiger charge is 2.19. The molecule has 2 aliphatic rings. The van der Waals surface area contributed by atoms with E-state index >= 15 is 0 Å². The molecule has 1 saturated heterocycles. The van der Waals surface area contributed by atoms with Crippen molar-refractivity contribution in [3.8, 4) is 0 Å². The van der Waals surface area contributed by atoms with Crippen molar-refractivity contribution in [3.63, 3.8) is 0 Å². The summed E-state index contributed by atoms with van der Waals surface area (Å²) in [5.74, 6) is 0. The number of amidine groups is 1. The second-order valence-electron chi connectivity index (χ2n) is 5.73. The third-order valence-electron chi connectivity index (χ3n) is 3.64. The molecular weight excluding hydrogens is 334 g/mol. The fraction of sp³-hybridized carbons (Fsp3) is 0.263. The number of thioether (sulfide) groups is 2. The first-order valence-electron chi connectivity index (χ1n) is 8.02. The van der Waals surface area contributed by atoms with Crippen molar-refractivity contribution in [2.45, 2.75) is 26.7 Å². The van der Waals surface area contributed by atoms with E-state index in [1.807, 2.05) is 42.6 Å². The Balaban J connectivity index is 1.84. The van der Waals surface area contributed by atoms with Gasteiger partial charge in [0, 0.05) is 6.20 Å². The average Bonchev–Trinajstić information content (AvgIpc) is 2.62. The summed E-state index contributed by atoms with van der Waals surface area (Å²) in [6.45, 7) is 5.11. The van der Waals surface area contributed by atoms with E-state index in [1.165, 1.54) is 16.1 Å². The molecular formula is C19H21N3S2. The Bertz CT molecular complexity index is 739. The van der Waals surface area contributed by atoms with Gasteiger partial charge in [0.15, 0.2) is 5.17 Å². The predicted molar refractivity (Wildman–Crippen MR) is 109 cm³/mol. The molecule has 0 bridgehead atoms. The number of hydrogen-bond donors (Lipinski definition) is 1. The molecule has 1 aromatic carbocycles. The van der Waals surface area contributed by atoms with Gasteiger partial charge in [0.05, 0.1) is 12.2 Å². The molecule has 0 spiro atoms. The normalized spacial score (nSPS) is 20.9. The lowest BCUT2D eigenvalue weighted by Gasteiger charge is -2.21. The van der Waals surface area contributed by atoms with Gasteiger partial charge in [0.25, 0.3) is 0 Å². The zero-order valence-corrected chi connectivity index (χ0v) is 15.6. The van der Waals surface area contributed by atoms with Gasteiger partial charge in [-0.15, -0.1) is 0 Å². The molecule has 3 nitrogen and oxygen atoms in total. The smallest absolute Gasteiger partial charge is 0.165 e. The van der Waals surface area contributed by atoms with Gasteiger partial charge in [-0.1, -0.05) is 47.3 Å². The number of para-hydroxylation sites is 1. The Morgan fingerprint density at radius 1 is 1.25 bits per heavy atom. The number of rotatable bonds is 2. The maximum absolute atomic E-state index is 4.89. The molecule has 0 aromatic heterocycles. The van der Waals surface area contributed by atoms with E-state index < -0.39 is 0 Å². The standard InChI is InChI=1S/C19H21N3S2/c1-14(2)17-10-9-15(13-23-19-20-11-6-12-21-19)18(24-17)22-16-7-4-3-5-8-16/h3-8,11,13H,9-10,12H2,1-2H3,(H,20,21)/b15-13+,22-18?. The van der Waals surface area contributed by atoms with E-state index in [9.17, 15) is 0 Å². The van der Waals surface area contributed by atoms with Crippen LogP contribution in [0.1, 0.15) is 26.7 Å². The molecule has 2 aliphatic heterocycles. The van der Waals surface area contributed by atoms with Crippen molar-refractivity contribution < 1.29 is 0 Å². The highest BCUT2D eigenvalue weighted by atomic mass is 32.2. The lowest BCUT2D eigenvalue weighted by Crippen LogP contribution is -2.16. The summed E-state index contributed by atoms with van der Waals surface area (Å²) in [5, 5.41) is 7.42. The lowest BCUT2D eigenvalue weighted by molar-refractivity contribution is 0.988. The molecule has 1 aromatic rings. The second kappa shape index (κ2) is 8.40. The fourth-order valence-corrected chi connectivity index (χ4v) is 4.25. The van der Waals surface area contributed by atoms with Crippen LogP contribution >= 0.6 is 23.5 Å². The van der Waals surface area contributed by atoms with Crippen molar-refractivity contribution in [1.82, 2.24) is 5.32 Å². The number of nitrogens with zero attached hydrogens (tertiary/aromatic N) is 2. The van der Waals surface area contributed by atoms with Crippen LogP contribution in [0.2, 0.25) is 0 Å². The largest absolute Gasteiger partial charge is 0.341 e. The van der Waals surface area contributed by atoms with Crippen LogP contribution in [0.5, 0.6) is 0 Å². The highest BCUT2D eigenvalue weighted by molar-refractivity contribution is 8.18. The summed E-state index contributed by atoms with van der Waals surface area (Å²) in [7, 11) is 0. The van der Waals surface area contributed by atoms with Gasteiger partial charge in [0.1, 0.15) is 5.04 Å². The molecule has 3 rings (SSSR count). The summed E-state index contributed by atoms with van der Waals surface area (Å²) < 4.78 is 0. The van der Waals surface area contributed by atoms with Crippen LogP contribution in [0.3, 0.4) is 0 Å². The van der Waals surface area contributed by atoms with E-state index in [0.717, 1.165) is 35.3 Å². The minimum atomic E-state index is 0.750. The van der Waals surface area contributed by atoms with Crippen LogP contribution in [0.4, 0.5) is 5.69 Å². The zero-order valence-electron chi connectivity index (χ0n) is 14.0. The van der Waals surface area contributed by atoms with E-state index in [2.05, 4.69) is 29.6 Å². The van der Waals surface area contributed by atoms with Gasteiger partial charge >= 0.3 is 0 Å². The van der Waals surface area contributed by atoms with Gasteiger partial charge in [0.2, 0.25) is 0 Å². The topological polar surface area (TPSA) is 36.8 Å². The predicted octanol–water partition coefficient (Wildman–Crippen LogP) is 5.63. The number of aliphatic imine (C=N–C) groups is 2. The summed E-state index contributed by atoms with van der Waals surface area (Å²) >= 11 is 3.45. The van der Waals surface area contributed by atoms with Crippen molar-refractivity contribution in [2.75, 3.05) is 6.54 Å². The first-order valence-corrected chi connectivity index (χ1v) is 9.72. The van der Waals surface area contributed by atoms with Gasteiger partial charge in [-0.3, -0.25) is 4.99 Å². The SMILES string of the molecule is CC(C)=C1CC/C(=C\SC2=NCC=CN2)C(=Nc2ccccc2)S1. The fourth-order valence-electron chi connectivity index (χ4n) is 2.33. The molecule has 0 atom stereocenters. The Morgan fingerprint density at radius 2 is 2.08 bits per heavy atom. The molecule has 124 valence electrons. The molecule has 2 heterocycles. The van der Waals surface area contributed by atoms with Crippen LogP contribution in [0, 0.1) is 0 Å². The Hall–Kier alpha value is -1.72. The van der Waals surface area contributed by atoms with Crippen LogP contribution in [-0.2, 0) is 0 Å². The van der Waals surface area contributed by atoms with E-state index in [1.54, 1.807) is 23.5 Å². The van der Waals surface area contributed by atoms with Gasteiger partial charge in [-0.25, -0.2) is 4.99 Å². The van der Waals surface area contributed by atoms with Crippen LogP contribution in [0.15, 0.2) is 74.1 Å². The third-order valence-corrected chi connectivity index (χ3v) is 5.92. The monoisotopic (exact) mass is 355 g/mol. The Labute approximate surface area is 152 Å². The minimum absolute atomic E-state index is 0.750. The third kappa shape index (κ3) is 4.65. The number of nitrogens with one attached hydrogen (secondary N) is 1. The number of benzene rings is 1. The summed E-state index contributed by atoms with van der Waals surface area (Å²) in [6, 6.07) is 10.2. The zero-order chi connectivity index (χ0) is 16.8. The lowest BCUT2D eigenvalue weighted by atomic mass is 10.1. The average molecular weight is 356 g/mol. The summed E-state index contributed by atoms with van der Waals surface area (Å²) in [4.78, 5) is 10.8. The molecule has 0 unspecified atom stereocenters. The molecule has 1 N–H and O–H groups in total. The van der Waals surface area contributed by atoms with Crippen molar-refractivity contribution in [2.24, 2.45) is 9.98 Å². The van der Waals surface area contributed by atoms with Crippen molar-refractivity contribution in [1.29, 1.82) is 0 Å². The van der Waals surface area contributed by atoms with E-state index in [4.69, 9.17) is 4.99 Å². The molecule has 5 heteroatoms. The Morgan fingerprint density at radius 3 is 2.79 bits per heavy atom. The first kappa shape index (κ1) is 17.1. The number of allylic oxidation sites excluding steroid dienone is 2.